The number of carbonyl (C=O) groups is 2. The summed E-state index contributed by atoms with van der Waals surface area (Å²) >= 11 is 0. The molecule has 9 heteroatoms. The number of fused-ring (bicyclic) bond motifs is 1. The summed E-state index contributed by atoms with van der Waals surface area (Å²) in [6.45, 7) is 5.43. The summed E-state index contributed by atoms with van der Waals surface area (Å²) in [6, 6.07) is -0.300. The number of piperidine rings is 1. The maximum atomic E-state index is 11.9. The number of carbonyl (C=O) groups excluding carboxylic acids is 2. The van der Waals surface area contributed by atoms with Gasteiger partial charge in [-0.3, -0.25) is 14.2 Å². The van der Waals surface area contributed by atoms with Crippen molar-refractivity contribution in [1.82, 2.24) is 4.90 Å². The van der Waals surface area contributed by atoms with Gasteiger partial charge in [0.05, 0.1) is 6.26 Å². The quantitative estimate of drug-likeness (QED) is 0.672. The Morgan fingerprint density at radius 1 is 1.29 bits per heavy atom. The minimum atomic E-state index is -3.67. The number of nitrogens with zero attached hydrogens (tertiary/aromatic N) is 1. The van der Waals surface area contributed by atoms with E-state index >= 15 is 0 Å². The molecule has 2 amide bonds. The van der Waals surface area contributed by atoms with Crippen LogP contribution >= 0.6 is 0 Å². The minimum Gasteiger partial charge on any atom is -0.444 e. The van der Waals surface area contributed by atoms with Crippen LogP contribution in [0.25, 0.3) is 0 Å². The average Bonchev–Trinajstić information content (AvgIpc) is 2.83. The summed E-state index contributed by atoms with van der Waals surface area (Å²) in [5, 5.41) is 0. The van der Waals surface area contributed by atoms with Gasteiger partial charge in [-0.2, -0.15) is 8.42 Å². The molecule has 8 nitrogen and oxygen atoms in total. The number of primary amides is 1. The van der Waals surface area contributed by atoms with Gasteiger partial charge < -0.3 is 10.5 Å². The van der Waals surface area contributed by atoms with Crippen molar-refractivity contribution in [1.29, 1.82) is 0 Å². The molecule has 3 N–H and O–H groups in total. The first kappa shape index (κ1) is 17.7. The second-order valence-electron chi connectivity index (χ2n) is 6.34. The highest BCUT2D eigenvalue weighted by atomic mass is 32.2. The van der Waals surface area contributed by atoms with Crippen molar-refractivity contribution in [2.75, 3.05) is 6.26 Å². The van der Waals surface area contributed by atoms with E-state index in [0.717, 1.165) is 6.42 Å². The Morgan fingerprint density at radius 2 is 1.76 bits per heavy atom. The predicted molar refractivity (Wildman–Crippen MR) is 75.0 cm³/mol. The highest BCUT2D eigenvalue weighted by Crippen LogP contribution is 2.48. The van der Waals surface area contributed by atoms with Gasteiger partial charge in [0.15, 0.2) is 0 Å². The maximum absolute atomic E-state index is 11.9. The summed E-state index contributed by atoms with van der Waals surface area (Å²) in [5.41, 5.74) is 4.75. The lowest BCUT2D eigenvalue weighted by molar-refractivity contribution is -0.122. The van der Waals surface area contributed by atoms with Gasteiger partial charge in [-0.15, -0.1) is 0 Å². The van der Waals surface area contributed by atoms with Crippen LogP contribution in [0, 0.1) is 5.92 Å². The zero-order valence-corrected chi connectivity index (χ0v) is 13.4. The maximum Gasteiger partial charge on any atom is 0.411 e. The Kier molecular flexibility index (Phi) is 4.89. The Bertz CT molecular complexity index is 516. The molecule has 0 spiro atoms. The van der Waals surface area contributed by atoms with Crippen LogP contribution in [0.1, 0.15) is 33.6 Å². The first-order valence-electron chi connectivity index (χ1n) is 6.52. The molecule has 2 fully saturated rings. The molecule has 0 bridgehead atoms. The standard InChI is InChI=1S/C11H18N2O3.CH4O3S/c1-11(2,3)16-10(15)13-7-4-6(7)5-8(13)9(12)14;1-5(2,3)4/h6-8H,4-5H2,1-3H3,(H2,12,14);1H3,(H,2,3,4)/t6-,7-,8-;/m0./s1. The van der Waals surface area contributed by atoms with Gasteiger partial charge in [0.2, 0.25) is 5.91 Å². The molecule has 1 saturated heterocycles. The minimum absolute atomic E-state index is 0.173. The van der Waals surface area contributed by atoms with Crippen LogP contribution in [0.3, 0.4) is 0 Å². The summed E-state index contributed by atoms with van der Waals surface area (Å²) in [5.74, 6) is 0.0167. The molecule has 0 aromatic carbocycles. The first-order valence-corrected chi connectivity index (χ1v) is 8.37. The fraction of sp³-hybridized carbons (Fsp3) is 0.833. The van der Waals surface area contributed by atoms with E-state index in [9.17, 15) is 18.0 Å². The number of hydrogen-bond acceptors (Lipinski definition) is 5. The number of likely N-dealkylation sites (tertiary alicyclic amines) is 1. The molecule has 122 valence electrons. The van der Waals surface area contributed by atoms with Crippen LogP contribution in [-0.4, -0.2) is 53.8 Å². The number of ether oxygens (including phenoxy) is 1. The van der Waals surface area contributed by atoms with Crippen molar-refractivity contribution in [3.63, 3.8) is 0 Å². The summed E-state index contributed by atoms with van der Waals surface area (Å²) in [7, 11) is -3.67. The van der Waals surface area contributed by atoms with E-state index in [1.165, 1.54) is 4.90 Å². The van der Waals surface area contributed by atoms with Gasteiger partial charge in [-0.25, -0.2) is 4.79 Å². The fourth-order valence-corrected chi connectivity index (χ4v) is 2.29. The summed E-state index contributed by atoms with van der Waals surface area (Å²) < 4.78 is 31.1. The molecule has 21 heavy (non-hydrogen) atoms. The van der Waals surface area contributed by atoms with E-state index in [-0.39, 0.29) is 6.04 Å². The number of hydrogen-bond donors (Lipinski definition) is 2. The summed E-state index contributed by atoms with van der Waals surface area (Å²) in [6.07, 6.45) is 1.97. The van der Waals surface area contributed by atoms with Gasteiger partial charge in [-0.05, 0) is 39.5 Å². The van der Waals surface area contributed by atoms with Crippen LogP contribution in [-0.2, 0) is 19.6 Å². The van der Waals surface area contributed by atoms with Crippen molar-refractivity contribution in [2.45, 2.75) is 51.3 Å². The van der Waals surface area contributed by atoms with Crippen LogP contribution < -0.4 is 5.73 Å². The predicted octanol–water partition coefficient (Wildman–Crippen LogP) is 0.374. The Hall–Kier alpha value is -1.35. The highest BCUT2D eigenvalue weighted by molar-refractivity contribution is 7.85. The lowest BCUT2D eigenvalue weighted by Gasteiger charge is -2.28. The van der Waals surface area contributed by atoms with Gasteiger partial charge >= 0.3 is 6.09 Å². The molecule has 0 radical (unpaired) electrons. The van der Waals surface area contributed by atoms with Crippen molar-refractivity contribution < 1.29 is 27.3 Å². The largest absolute Gasteiger partial charge is 0.444 e. The van der Waals surface area contributed by atoms with E-state index in [4.69, 9.17) is 15.0 Å². The molecular formula is C12H22N2O6S. The van der Waals surface area contributed by atoms with Crippen LogP contribution in [0.2, 0.25) is 0 Å². The van der Waals surface area contributed by atoms with Crippen molar-refractivity contribution in [3.8, 4) is 0 Å². The van der Waals surface area contributed by atoms with Crippen molar-refractivity contribution in [3.05, 3.63) is 0 Å². The van der Waals surface area contributed by atoms with Gasteiger partial charge in [-0.1, -0.05) is 0 Å². The number of amides is 2. The summed E-state index contributed by atoms with van der Waals surface area (Å²) in [4.78, 5) is 24.7. The molecule has 1 aliphatic heterocycles. The third kappa shape index (κ3) is 5.88. The number of nitrogens with two attached hydrogens (primary N) is 1. The molecule has 3 atom stereocenters. The Labute approximate surface area is 124 Å². The lowest BCUT2D eigenvalue weighted by atomic mass is 10.1. The third-order valence-electron chi connectivity index (χ3n) is 3.04. The molecule has 0 aromatic heterocycles. The topological polar surface area (TPSA) is 127 Å². The molecule has 1 saturated carbocycles. The SMILES string of the molecule is CC(C)(C)OC(=O)N1[C@H](C(N)=O)C[C@@H]2C[C@@H]21.CS(=O)(=O)O. The van der Waals surface area contributed by atoms with Crippen LogP contribution in [0.5, 0.6) is 0 Å². The zero-order valence-electron chi connectivity index (χ0n) is 12.6. The van der Waals surface area contributed by atoms with Crippen LogP contribution in [0.4, 0.5) is 4.79 Å². The zero-order chi connectivity index (χ0) is 16.6. The molecule has 1 aliphatic carbocycles. The second kappa shape index (κ2) is 5.80. The van der Waals surface area contributed by atoms with Gasteiger partial charge in [0.1, 0.15) is 11.6 Å². The molecule has 1 heterocycles. The Balaban J connectivity index is 0.000000383. The fourth-order valence-electron chi connectivity index (χ4n) is 2.29. The molecule has 0 unspecified atom stereocenters. The second-order valence-corrected chi connectivity index (χ2v) is 7.80. The van der Waals surface area contributed by atoms with Crippen LogP contribution in [0.15, 0.2) is 0 Å². The number of rotatable bonds is 1. The van der Waals surface area contributed by atoms with E-state index in [2.05, 4.69) is 0 Å². The molecule has 0 aromatic rings. The lowest BCUT2D eigenvalue weighted by Crippen LogP contribution is -2.47. The van der Waals surface area contributed by atoms with Gasteiger partial charge in [0, 0.05) is 6.04 Å². The molecular weight excluding hydrogens is 300 g/mol. The average molecular weight is 322 g/mol. The monoisotopic (exact) mass is 322 g/mol. The first-order chi connectivity index (χ1) is 9.29. The molecule has 2 rings (SSSR count). The molecule has 2 aliphatic rings. The highest BCUT2D eigenvalue weighted by Gasteiger charge is 2.56. The van der Waals surface area contributed by atoms with E-state index in [0.29, 0.717) is 18.6 Å². The van der Waals surface area contributed by atoms with E-state index < -0.39 is 33.8 Å². The van der Waals surface area contributed by atoms with E-state index in [1.807, 2.05) is 20.8 Å². The van der Waals surface area contributed by atoms with Crippen molar-refractivity contribution in [2.24, 2.45) is 11.7 Å². The smallest absolute Gasteiger partial charge is 0.411 e. The van der Waals surface area contributed by atoms with Crippen molar-refractivity contribution >= 4 is 22.1 Å². The normalized spacial score (nSPS) is 27.3. The van der Waals surface area contributed by atoms with Gasteiger partial charge in [0.25, 0.3) is 10.1 Å². The van der Waals surface area contributed by atoms with E-state index in [1.54, 1.807) is 0 Å². The third-order valence-corrected chi connectivity index (χ3v) is 3.04. The Morgan fingerprint density at radius 3 is 2.14 bits per heavy atom.